The zero-order valence-electron chi connectivity index (χ0n) is 11.9. The molecule has 0 aliphatic rings. The minimum Gasteiger partial charge on any atom is -0.481 e. The van der Waals surface area contributed by atoms with Gasteiger partial charge in [0, 0.05) is 18.3 Å². The SMILES string of the molecule is CCOC(=O)c1nnn(Cc2cccnc2OC)c1CN. The monoisotopic (exact) mass is 291 g/mol. The molecule has 2 aromatic rings. The van der Waals surface area contributed by atoms with Gasteiger partial charge in [-0.25, -0.2) is 14.5 Å². The van der Waals surface area contributed by atoms with Crippen LogP contribution in [-0.2, 0) is 17.8 Å². The number of rotatable bonds is 6. The normalized spacial score (nSPS) is 10.4. The number of hydrogen-bond donors (Lipinski definition) is 1. The molecule has 0 unspecified atom stereocenters. The first-order chi connectivity index (χ1) is 10.2. The third kappa shape index (κ3) is 3.16. The van der Waals surface area contributed by atoms with Crippen LogP contribution in [0.4, 0.5) is 0 Å². The largest absolute Gasteiger partial charge is 0.481 e. The predicted molar refractivity (Wildman–Crippen MR) is 73.8 cm³/mol. The summed E-state index contributed by atoms with van der Waals surface area (Å²) in [5.74, 6) is -0.0315. The summed E-state index contributed by atoms with van der Waals surface area (Å²) in [5.41, 5.74) is 7.17. The molecule has 2 aromatic heterocycles. The van der Waals surface area contributed by atoms with E-state index >= 15 is 0 Å². The van der Waals surface area contributed by atoms with Crippen LogP contribution in [0.15, 0.2) is 18.3 Å². The van der Waals surface area contributed by atoms with Crippen molar-refractivity contribution in [1.82, 2.24) is 20.0 Å². The first kappa shape index (κ1) is 14.9. The summed E-state index contributed by atoms with van der Waals surface area (Å²) >= 11 is 0. The smallest absolute Gasteiger partial charge is 0.360 e. The molecule has 2 N–H and O–H groups in total. The van der Waals surface area contributed by atoms with Gasteiger partial charge in [0.2, 0.25) is 5.88 Å². The van der Waals surface area contributed by atoms with Crippen LogP contribution >= 0.6 is 0 Å². The fraction of sp³-hybridized carbons (Fsp3) is 0.385. The van der Waals surface area contributed by atoms with Gasteiger partial charge in [-0.1, -0.05) is 11.3 Å². The van der Waals surface area contributed by atoms with Crippen LogP contribution in [-0.4, -0.2) is 39.7 Å². The molecule has 2 heterocycles. The number of esters is 1. The average molecular weight is 291 g/mol. The van der Waals surface area contributed by atoms with Crippen molar-refractivity contribution >= 4 is 5.97 Å². The number of hydrogen-bond acceptors (Lipinski definition) is 7. The lowest BCUT2D eigenvalue weighted by Crippen LogP contribution is -2.15. The van der Waals surface area contributed by atoms with E-state index in [4.69, 9.17) is 15.2 Å². The number of pyridine rings is 1. The van der Waals surface area contributed by atoms with Crippen molar-refractivity contribution in [3.8, 4) is 5.88 Å². The quantitative estimate of drug-likeness (QED) is 0.766. The number of carbonyl (C=O) groups is 1. The van der Waals surface area contributed by atoms with Gasteiger partial charge in [0.15, 0.2) is 5.69 Å². The molecule has 2 rings (SSSR count). The molecule has 0 spiro atoms. The van der Waals surface area contributed by atoms with E-state index in [0.29, 0.717) is 18.1 Å². The highest BCUT2D eigenvalue weighted by molar-refractivity contribution is 5.88. The third-order valence-corrected chi connectivity index (χ3v) is 2.86. The summed E-state index contributed by atoms with van der Waals surface area (Å²) in [4.78, 5) is 15.9. The van der Waals surface area contributed by atoms with Crippen molar-refractivity contribution in [2.75, 3.05) is 13.7 Å². The Balaban J connectivity index is 2.30. The second-order valence-corrected chi connectivity index (χ2v) is 4.14. The van der Waals surface area contributed by atoms with Gasteiger partial charge >= 0.3 is 5.97 Å². The van der Waals surface area contributed by atoms with E-state index in [2.05, 4.69) is 15.3 Å². The summed E-state index contributed by atoms with van der Waals surface area (Å²) in [6.45, 7) is 2.48. The van der Waals surface area contributed by atoms with E-state index in [-0.39, 0.29) is 18.8 Å². The summed E-state index contributed by atoms with van der Waals surface area (Å²) < 4.78 is 11.7. The van der Waals surface area contributed by atoms with Crippen LogP contribution in [0.3, 0.4) is 0 Å². The van der Waals surface area contributed by atoms with Crippen LogP contribution in [0.2, 0.25) is 0 Å². The number of aromatic nitrogens is 4. The van der Waals surface area contributed by atoms with Crippen LogP contribution in [0, 0.1) is 0 Å². The van der Waals surface area contributed by atoms with Gasteiger partial charge in [0.1, 0.15) is 0 Å². The molecule has 8 heteroatoms. The molecule has 8 nitrogen and oxygen atoms in total. The molecule has 0 fully saturated rings. The molecule has 0 aliphatic heterocycles. The molecule has 21 heavy (non-hydrogen) atoms. The Morgan fingerprint density at radius 3 is 2.95 bits per heavy atom. The van der Waals surface area contributed by atoms with Gasteiger partial charge in [-0.15, -0.1) is 5.10 Å². The maximum Gasteiger partial charge on any atom is 0.360 e. The summed E-state index contributed by atoms with van der Waals surface area (Å²) in [6.07, 6.45) is 1.64. The topological polar surface area (TPSA) is 105 Å². The van der Waals surface area contributed by atoms with Crippen LogP contribution in [0.25, 0.3) is 0 Å². The highest BCUT2D eigenvalue weighted by Crippen LogP contribution is 2.16. The molecule has 0 aliphatic carbocycles. The fourth-order valence-corrected chi connectivity index (χ4v) is 1.91. The lowest BCUT2D eigenvalue weighted by Gasteiger charge is -2.08. The molecule has 0 bridgehead atoms. The Labute approximate surface area is 121 Å². The van der Waals surface area contributed by atoms with Gasteiger partial charge in [-0.05, 0) is 13.0 Å². The number of carbonyl (C=O) groups excluding carboxylic acids is 1. The number of nitrogens with two attached hydrogens (primary N) is 1. The molecule has 0 atom stereocenters. The lowest BCUT2D eigenvalue weighted by molar-refractivity contribution is 0.0518. The Morgan fingerprint density at radius 2 is 2.29 bits per heavy atom. The molecule has 0 saturated heterocycles. The number of nitrogens with zero attached hydrogens (tertiary/aromatic N) is 4. The third-order valence-electron chi connectivity index (χ3n) is 2.86. The van der Waals surface area contributed by atoms with Crippen molar-refractivity contribution in [3.63, 3.8) is 0 Å². The Hall–Kier alpha value is -2.48. The Morgan fingerprint density at radius 1 is 1.48 bits per heavy atom. The van der Waals surface area contributed by atoms with Crippen LogP contribution < -0.4 is 10.5 Å². The van der Waals surface area contributed by atoms with Gasteiger partial charge in [0.05, 0.1) is 26.0 Å². The fourth-order valence-electron chi connectivity index (χ4n) is 1.91. The van der Waals surface area contributed by atoms with E-state index in [1.165, 1.54) is 0 Å². The standard InChI is InChI=1S/C13H17N5O3/c1-3-21-13(19)11-10(7-14)18(17-16-11)8-9-5-4-6-15-12(9)20-2/h4-6H,3,7-8,14H2,1-2H3. The minimum absolute atomic E-state index is 0.129. The van der Waals surface area contributed by atoms with Crippen molar-refractivity contribution in [2.24, 2.45) is 5.73 Å². The van der Waals surface area contributed by atoms with E-state index < -0.39 is 5.97 Å². The van der Waals surface area contributed by atoms with E-state index in [1.807, 2.05) is 6.07 Å². The van der Waals surface area contributed by atoms with Crippen molar-refractivity contribution < 1.29 is 14.3 Å². The van der Waals surface area contributed by atoms with Crippen molar-refractivity contribution in [2.45, 2.75) is 20.0 Å². The molecular formula is C13H17N5O3. The summed E-state index contributed by atoms with van der Waals surface area (Å²) in [7, 11) is 1.54. The van der Waals surface area contributed by atoms with E-state index in [0.717, 1.165) is 5.56 Å². The Bertz CT molecular complexity index is 626. The van der Waals surface area contributed by atoms with Crippen LogP contribution in [0.1, 0.15) is 28.7 Å². The lowest BCUT2D eigenvalue weighted by atomic mass is 10.2. The first-order valence-corrected chi connectivity index (χ1v) is 6.48. The zero-order valence-corrected chi connectivity index (χ0v) is 11.9. The Kier molecular flexibility index (Phi) is 4.83. The summed E-state index contributed by atoms with van der Waals surface area (Å²) in [5, 5.41) is 7.82. The van der Waals surface area contributed by atoms with Crippen LogP contribution in [0.5, 0.6) is 5.88 Å². The average Bonchev–Trinajstić information content (AvgIpc) is 2.91. The molecule has 0 amide bonds. The number of ether oxygens (including phenoxy) is 2. The minimum atomic E-state index is -0.526. The second kappa shape index (κ2) is 6.80. The molecule has 0 saturated carbocycles. The molecule has 0 radical (unpaired) electrons. The van der Waals surface area contributed by atoms with E-state index in [1.54, 1.807) is 31.0 Å². The second-order valence-electron chi connectivity index (χ2n) is 4.14. The van der Waals surface area contributed by atoms with Gasteiger partial charge in [0.25, 0.3) is 0 Å². The summed E-state index contributed by atoms with van der Waals surface area (Å²) in [6, 6.07) is 3.65. The molecular weight excluding hydrogens is 274 g/mol. The van der Waals surface area contributed by atoms with Gasteiger partial charge < -0.3 is 15.2 Å². The highest BCUT2D eigenvalue weighted by Gasteiger charge is 2.20. The number of methoxy groups -OCH3 is 1. The van der Waals surface area contributed by atoms with Crippen molar-refractivity contribution in [1.29, 1.82) is 0 Å². The van der Waals surface area contributed by atoms with Gasteiger partial charge in [-0.2, -0.15) is 0 Å². The predicted octanol–water partition coefficient (Wildman–Crippen LogP) is 0.365. The highest BCUT2D eigenvalue weighted by atomic mass is 16.5. The molecule has 112 valence electrons. The maximum atomic E-state index is 11.8. The van der Waals surface area contributed by atoms with E-state index in [9.17, 15) is 4.79 Å². The van der Waals surface area contributed by atoms with Crippen molar-refractivity contribution in [3.05, 3.63) is 35.3 Å². The van der Waals surface area contributed by atoms with Gasteiger partial charge in [-0.3, -0.25) is 0 Å². The maximum absolute atomic E-state index is 11.8. The molecule has 0 aromatic carbocycles. The zero-order chi connectivity index (χ0) is 15.2. The first-order valence-electron chi connectivity index (χ1n) is 6.48.